The maximum Gasteiger partial charge on any atom is 0.417 e. The number of benzene rings is 3. The van der Waals surface area contributed by atoms with E-state index >= 15 is 0 Å². The van der Waals surface area contributed by atoms with Crippen molar-refractivity contribution in [3.05, 3.63) is 94.3 Å². The van der Waals surface area contributed by atoms with Crippen LogP contribution in [0.3, 0.4) is 0 Å². The second kappa shape index (κ2) is 8.53. The number of halogens is 4. The van der Waals surface area contributed by atoms with E-state index < -0.39 is 23.2 Å². The number of thiazole rings is 1. The number of rotatable bonds is 4. The van der Waals surface area contributed by atoms with Crippen molar-refractivity contribution in [1.29, 1.82) is 0 Å². The summed E-state index contributed by atoms with van der Waals surface area (Å²) < 4.78 is 39.4. The highest BCUT2D eigenvalue weighted by molar-refractivity contribution is 7.13. The van der Waals surface area contributed by atoms with Crippen molar-refractivity contribution in [3.8, 4) is 21.8 Å². The first-order chi connectivity index (χ1) is 14.8. The van der Waals surface area contributed by atoms with Crippen LogP contribution in [0.2, 0.25) is 5.02 Å². The van der Waals surface area contributed by atoms with E-state index in [0.29, 0.717) is 10.7 Å². The lowest BCUT2D eigenvalue weighted by atomic mass is 10.1. The van der Waals surface area contributed by atoms with Crippen molar-refractivity contribution in [2.75, 3.05) is 5.32 Å². The zero-order chi connectivity index (χ0) is 22.0. The third-order valence-electron chi connectivity index (χ3n) is 4.51. The van der Waals surface area contributed by atoms with E-state index in [2.05, 4.69) is 10.3 Å². The van der Waals surface area contributed by atoms with Crippen LogP contribution in [-0.2, 0) is 6.18 Å². The molecule has 156 valence electrons. The molecule has 0 spiro atoms. The van der Waals surface area contributed by atoms with Gasteiger partial charge in [0.05, 0.1) is 16.8 Å². The number of nitrogens with one attached hydrogen (secondary N) is 1. The number of amides is 1. The normalized spacial score (nSPS) is 11.4. The van der Waals surface area contributed by atoms with Gasteiger partial charge in [-0.15, -0.1) is 11.3 Å². The van der Waals surface area contributed by atoms with Crippen molar-refractivity contribution < 1.29 is 18.0 Å². The van der Waals surface area contributed by atoms with Crippen molar-refractivity contribution in [2.45, 2.75) is 6.18 Å². The zero-order valence-corrected chi connectivity index (χ0v) is 17.4. The number of hydrogen-bond acceptors (Lipinski definition) is 3. The molecule has 1 heterocycles. The zero-order valence-electron chi connectivity index (χ0n) is 15.8. The third kappa shape index (κ3) is 4.78. The van der Waals surface area contributed by atoms with Crippen molar-refractivity contribution in [3.63, 3.8) is 0 Å². The van der Waals surface area contributed by atoms with Crippen LogP contribution in [0.5, 0.6) is 0 Å². The Morgan fingerprint density at radius 1 is 0.903 bits per heavy atom. The van der Waals surface area contributed by atoms with Crippen LogP contribution in [0, 0.1) is 0 Å². The number of alkyl halides is 3. The lowest BCUT2D eigenvalue weighted by Crippen LogP contribution is -2.18. The summed E-state index contributed by atoms with van der Waals surface area (Å²) in [6.45, 7) is 0. The lowest BCUT2D eigenvalue weighted by molar-refractivity contribution is -0.137. The Kier molecular flexibility index (Phi) is 5.80. The molecule has 0 aliphatic rings. The summed E-state index contributed by atoms with van der Waals surface area (Å²) in [6.07, 6.45) is -4.61. The van der Waals surface area contributed by atoms with Gasteiger partial charge in [0.15, 0.2) is 0 Å². The van der Waals surface area contributed by atoms with Crippen LogP contribution in [0.25, 0.3) is 21.8 Å². The molecule has 4 rings (SSSR count). The molecule has 31 heavy (non-hydrogen) atoms. The largest absolute Gasteiger partial charge is 0.417 e. The second-order valence-electron chi connectivity index (χ2n) is 6.62. The minimum Gasteiger partial charge on any atom is -0.322 e. The van der Waals surface area contributed by atoms with Gasteiger partial charge in [0, 0.05) is 27.2 Å². The van der Waals surface area contributed by atoms with Crippen LogP contribution in [0.4, 0.5) is 18.9 Å². The standard InChI is InChI=1S/C23H14ClF3N2OS/c24-16-9-5-15(6-10-16)22-29-20(13-31-22)14-7-11-17(12-8-14)28-21(30)18-3-1-2-4-19(18)23(25,26)27/h1-13H,(H,28,30). The topological polar surface area (TPSA) is 42.0 Å². The number of anilines is 1. The minimum absolute atomic E-state index is 0.388. The Morgan fingerprint density at radius 3 is 2.23 bits per heavy atom. The number of carbonyl (C=O) groups excluding carboxylic acids is 1. The molecule has 0 saturated heterocycles. The van der Waals surface area contributed by atoms with Gasteiger partial charge in [-0.25, -0.2) is 4.98 Å². The molecule has 0 radical (unpaired) electrons. The summed E-state index contributed by atoms with van der Waals surface area (Å²) in [7, 11) is 0. The van der Waals surface area contributed by atoms with Gasteiger partial charge in [0.1, 0.15) is 5.01 Å². The molecule has 0 fully saturated rings. The molecule has 3 aromatic carbocycles. The van der Waals surface area contributed by atoms with Crippen molar-refractivity contribution in [1.82, 2.24) is 4.98 Å². The monoisotopic (exact) mass is 458 g/mol. The van der Waals surface area contributed by atoms with Crippen LogP contribution in [-0.4, -0.2) is 10.9 Å². The van der Waals surface area contributed by atoms with E-state index in [1.54, 1.807) is 36.4 Å². The lowest BCUT2D eigenvalue weighted by Gasteiger charge is -2.12. The predicted octanol–water partition coefficient (Wildman–Crippen LogP) is 7.40. The Morgan fingerprint density at radius 2 is 1.55 bits per heavy atom. The second-order valence-corrected chi connectivity index (χ2v) is 7.91. The highest BCUT2D eigenvalue weighted by Gasteiger charge is 2.34. The van der Waals surface area contributed by atoms with E-state index in [-0.39, 0.29) is 0 Å². The highest BCUT2D eigenvalue weighted by atomic mass is 35.5. The summed E-state index contributed by atoms with van der Waals surface area (Å²) in [5.74, 6) is -0.820. The first-order valence-electron chi connectivity index (χ1n) is 9.11. The van der Waals surface area contributed by atoms with Gasteiger partial charge in [-0.05, 0) is 36.4 Å². The van der Waals surface area contributed by atoms with Gasteiger partial charge in [-0.3, -0.25) is 4.79 Å². The van der Waals surface area contributed by atoms with Crippen molar-refractivity contribution >= 4 is 34.5 Å². The summed E-state index contributed by atoms with van der Waals surface area (Å²) in [5, 5.41) is 5.92. The Hall–Kier alpha value is -3.16. The first kappa shape index (κ1) is 21.1. The van der Waals surface area contributed by atoms with Crippen LogP contribution < -0.4 is 5.32 Å². The number of nitrogens with zero attached hydrogens (tertiary/aromatic N) is 1. The Bertz CT molecular complexity index is 1220. The molecule has 3 nitrogen and oxygen atoms in total. The number of aromatic nitrogens is 1. The molecular weight excluding hydrogens is 445 g/mol. The Labute approximate surface area is 185 Å². The molecular formula is C23H14ClF3N2OS. The average Bonchev–Trinajstić information content (AvgIpc) is 3.24. The molecule has 0 aliphatic carbocycles. The third-order valence-corrected chi connectivity index (χ3v) is 5.65. The molecule has 0 unspecified atom stereocenters. The van der Waals surface area contributed by atoms with E-state index in [0.717, 1.165) is 34.0 Å². The fourth-order valence-corrected chi connectivity index (χ4v) is 3.94. The highest BCUT2D eigenvalue weighted by Crippen LogP contribution is 2.33. The predicted molar refractivity (Wildman–Crippen MR) is 117 cm³/mol. The SMILES string of the molecule is O=C(Nc1ccc(-c2csc(-c3ccc(Cl)cc3)n2)cc1)c1ccccc1C(F)(F)F. The van der Waals surface area contributed by atoms with E-state index in [1.807, 2.05) is 17.5 Å². The molecule has 8 heteroatoms. The van der Waals surface area contributed by atoms with Crippen LogP contribution in [0.15, 0.2) is 78.2 Å². The van der Waals surface area contributed by atoms with Gasteiger partial charge in [0.25, 0.3) is 5.91 Å². The number of carbonyl (C=O) groups is 1. The molecule has 0 bridgehead atoms. The quantitative estimate of drug-likeness (QED) is 0.346. The van der Waals surface area contributed by atoms with E-state index in [1.165, 1.54) is 23.5 Å². The van der Waals surface area contributed by atoms with Crippen LogP contribution >= 0.6 is 22.9 Å². The fourth-order valence-electron chi connectivity index (χ4n) is 2.98. The summed E-state index contributed by atoms with van der Waals surface area (Å²) >= 11 is 7.41. The maximum atomic E-state index is 13.1. The smallest absolute Gasteiger partial charge is 0.322 e. The Balaban J connectivity index is 1.51. The van der Waals surface area contributed by atoms with Gasteiger partial charge in [-0.2, -0.15) is 13.2 Å². The molecule has 0 saturated carbocycles. The fraction of sp³-hybridized carbons (Fsp3) is 0.0435. The molecule has 1 aromatic heterocycles. The number of hydrogen-bond donors (Lipinski definition) is 1. The van der Waals surface area contributed by atoms with Gasteiger partial charge in [-0.1, -0.05) is 48.0 Å². The van der Waals surface area contributed by atoms with Gasteiger partial charge >= 0.3 is 6.18 Å². The molecule has 0 atom stereocenters. The minimum atomic E-state index is -4.61. The van der Waals surface area contributed by atoms with Crippen LogP contribution in [0.1, 0.15) is 15.9 Å². The molecule has 1 amide bonds. The summed E-state index contributed by atoms with van der Waals surface area (Å²) in [6, 6.07) is 18.8. The molecule has 4 aromatic rings. The summed E-state index contributed by atoms with van der Waals surface area (Å²) in [5.41, 5.74) is 1.53. The first-order valence-corrected chi connectivity index (χ1v) is 10.4. The average molecular weight is 459 g/mol. The van der Waals surface area contributed by atoms with Gasteiger partial charge in [0.2, 0.25) is 0 Å². The summed E-state index contributed by atoms with van der Waals surface area (Å²) in [4.78, 5) is 17.0. The van der Waals surface area contributed by atoms with E-state index in [9.17, 15) is 18.0 Å². The van der Waals surface area contributed by atoms with Gasteiger partial charge < -0.3 is 5.32 Å². The maximum absolute atomic E-state index is 13.1. The molecule has 1 N–H and O–H groups in total. The van der Waals surface area contributed by atoms with Crippen molar-refractivity contribution in [2.24, 2.45) is 0 Å². The molecule has 0 aliphatic heterocycles. The van der Waals surface area contributed by atoms with E-state index in [4.69, 9.17) is 11.6 Å².